The summed E-state index contributed by atoms with van der Waals surface area (Å²) < 4.78 is 8.39. The monoisotopic (exact) mass is 365 g/mol. The summed E-state index contributed by atoms with van der Waals surface area (Å²) in [7, 11) is 0. The summed E-state index contributed by atoms with van der Waals surface area (Å²) in [6.07, 6.45) is 5.98. The molecule has 3 rings (SSSR count). The molecular formula is C15H16ClN5O2S. The van der Waals surface area contributed by atoms with Gasteiger partial charge in [0.05, 0.1) is 29.0 Å². The third-order valence-corrected chi connectivity index (χ3v) is 3.69. The highest BCUT2D eigenvalue weighted by molar-refractivity contribution is 7.00. The summed E-state index contributed by atoms with van der Waals surface area (Å²) in [5.74, 6) is -0.175. The van der Waals surface area contributed by atoms with Crippen LogP contribution in [0.5, 0.6) is 0 Å². The molecule has 1 aliphatic rings. The number of carbonyl (C=O) groups is 1. The molecule has 9 heteroatoms. The highest BCUT2D eigenvalue weighted by atomic mass is 35.5. The second-order valence-corrected chi connectivity index (χ2v) is 5.50. The lowest BCUT2D eigenvalue weighted by Gasteiger charge is -2.08. The van der Waals surface area contributed by atoms with Crippen molar-refractivity contribution in [2.24, 2.45) is 4.99 Å². The molecule has 3 N–H and O–H groups in total. The van der Waals surface area contributed by atoms with E-state index in [9.17, 15) is 4.79 Å². The van der Waals surface area contributed by atoms with Gasteiger partial charge in [0, 0.05) is 12.6 Å². The fourth-order valence-electron chi connectivity index (χ4n) is 1.79. The molecule has 1 aliphatic heterocycles. The second-order valence-electron chi connectivity index (χ2n) is 4.56. The van der Waals surface area contributed by atoms with Crippen LogP contribution in [0.15, 0.2) is 41.4 Å². The van der Waals surface area contributed by atoms with Gasteiger partial charge in [0.15, 0.2) is 5.96 Å². The molecule has 0 amide bonds. The summed E-state index contributed by atoms with van der Waals surface area (Å²) in [5.41, 5.74) is 2.39. The van der Waals surface area contributed by atoms with Gasteiger partial charge in [0.2, 0.25) is 0 Å². The van der Waals surface area contributed by atoms with Crippen molar-refractivity contribution in [1.29, 1.82) is 0 Å². The molecule has 0 atom stereocenters. The Morgan fingerprint density at radius 3 is 2.92 bits per heavy atom. The van der Waals surface area contributed by atoms with Crippen molar-refractivity contribution in [3.05, 3.63) is 41.5 Å². The Bertz CT molecular complexity index is 800. The molecule has 24 heavy (non-hydrogen) atoms. The van der Waals surface area contributed by atoms with Crippen LogP contribution in [0.2, 0.25) is 5.02 Å². The van der Waals surface area contributed by atoms with Gasteiger partial charge in [-0.05, 0) is 19.1 Å². The van der Waals surface area contributed by atoms with E-state index in [1.54, 1.807) is 12.2 Å². The summed E-state index contributed by atoms with van der Waals surface area (Å²) in [6.45, 7) is 3.46. The van der Waals surface area contributed by atoms with Crippen molar-refractivity contribution >= 4 is 52.0 Å². The number of fused-ring (bicyclic) bond motifs is 1. The van der Waals surface area contributed by atoms with Gasteiger partial charge in [-0.15, -0.1) is 0 Å². The summed E-state index contributed by atoms with van der Waals surface area (Å²) in [5, 5.41) is 14.9. The SMILES string of the molecule is CC=CC=CC(=O)O.Clc1ccc2nsnc2c1NC1=NCCN1. The Balaban J connectivity index is 0.000000224. The standard InChI is InChI=1S/C9H8ClN5S.C6H8O2/c10-5-1-2-6-8(15-16-14-6)7(5)13-9-11-3-4-12-9;1-2-3-4-5-6(7)8/h1-2H,3-4H2,(H2,11,12,13);2-5H,1H3,(H,7,8). The number of hydrogen-bond donors (Lipinski definition) is 3. The number of nitrogens with one attached hydrogen (secondary N) is 2. The first-order chi connectivity index (χ1) is 11.6. The van der Waals surface area contributed by atoms with E-state index in [0.29, 0.717) is 5.02 Å². The van der Waals surface area contributed by atoms with Crippen LogP contribution in [-0.4, -0.2) is 38.9 Å². The van der Waals surface area contributed by atoms with Crippen LogP contribution >= 0.6 is 23.3 Å². The van der Waals surface area contributed by atoms with Gasteiger partial charge in [-0.3, -0.25) is 4.99 Å². The van der Waals surface area contributed by atoms with E-state index in [-0.39, 0.29) is 0 Å². The van der Waals surface area contributed by atoms with Crippen molar-refractivity contribution in [2.45, 2.75) is 6.92 Å². The van der Waals surface area contributed by atoms with Gasteiger partial charge in [0.25, 0.3) is 0 Å². The highest BCUT2D eigenvalue weighted by Crippen LogP contribution is 2.29. The van der Waals surface area contributed by atoms with E-state index in [4.69, 9.17) is 16.7 Å². The van der Waals surface area contributed by atoms with E-state index in [0.717, 1.165) is 41.8 Å². The third kappa shape index (κ3) is 5.04. The van der Waals surface area contributed by atoms with Gasteiger partial charge in [-0.25, -0.2) is 4.79 Å². The molecule has 0 bridgehead atoms. The van der Waals surface area contributed by atoms with Crippen LogP contribution in [0.25, 0.3) is 11.0 Å². The zero-order valence-electron chi connectivity index (χ0n) is 12.9. The molecule has 1 aromatic heterocycles. The molecule has 2 aromatic rings. The first kappa shape index (κ1) is 17.9. The number of carboxylic acids is 1. The molecule has 1 aromatic carbocycles. The minimum absolute atomic E-state index is 0.622. The zero-order valence-corrected chi connectivity index (χ0v) is 14.4. The number of aromatic nitrogens is 2. The fraction of sp³-hybridized carbons (Fsp3) is 0.200. The Kier molecular flexibility index (Phi) is 6.71. The predicted octanol–water partition coefficient (Wildman–Crippen LogP) is 2.92. The summed E-state index contributed by atoms with van der Waals surface area (Å²) in [6, 6.07) is 3.67. The second kappa shape index (κ2) is 8.99. The van der Waals surface area contributed by atoms with Crippen molar-refractivity contribution < 1.29 is 9.90 Å². The first-order valence-corrected chi connectivity index (χ1v) is 8.21. The third-order valence-electron chi connectivity index (χ3n) is 2.84. The molecule has 126 valence electrons. The van der Waals surface area contributed by atoms with Gasteiger partial charge < -0.3 is 15.7 Å². The smallest absolute Gasteiger partial charge is 0.328 e. The number of allylic oxidation sites excluding steroid dienone is 3. The van der Waals surface area contributed by atoms with Crippen LogP contribution in [0.1, 0.15) is 6.92 Å². The minimum atomic E-state index is -0.914. The molecule has 0 unspecified atom stereocenters. The average Bonchev–Trinajstić information content (AvgIpc) is 3.22. The topological polar surface area (TPSA) is 99.5 Å². The molecule has 2 heterocycles. The first-order valence-electron chi connectivity index (χ1n) is 7.10. The Hall–Kier alpha value is -2.45. The Morgan fingerprint density at radius 2 is 2.25 bits per heavy atom. The molecule has 0 saturated carbocycles. The van der Waals surface area contributed by atoms with Crippen LogP contribution in [0.3, 0.4) is 0 Å². The Labute approximate surface area is 148 Å². The number of aliphatic imine (C=N–C) groups is 1. The van der Waals surface area contributed by atoms with E-state index in [2.05, 4.69) is 24.4 Å². The molecule has 0 radical (unpaired) electrons. The molecule has 0 aliphatic carbocycles. The number of benzene rings is 1. The minimum Gasteiger partial charge on any atom is -0.478 e. The number of rotatable bonds is 3. The quantitative estimate of drug-likeness (QED) is 0.571. The number of halogens is 1. The number of nitrogens with zero attached hydrogens (tertiary/aromatic N) is 3. The number of anilines is 1. The van der Waals surface area contributed by atoms with Crippen LogP contribution in [-0.2, 0) is 4.79 Å². The fourth-order valence-corrected chi connectivity index (χ4v) is 2.54. The lowest BCUT2D eigenvalue weighted by Crippen LogP contribution is -2.26. The van der Waals surface area contributed by atoms with E-state index in [1.165, 1.54) is 17.8 Å². The van der Waals surface area contributed by atoms with Gasteiger partial charge in [-0.1, -0.05) is 29.8 Å². The number of aliphatic carboxylic acids is 1. The maximum absolute atomic E-state index is 9.75. The molecule has 0 fully saturated rings. The highest BCUT2D eigenvalue weighted by Gasteiger charge is 2.13. The summed E-state index contributed by atoms with van der Waals surface area (Å²) in [4.78, 5) is 14.0. The molecule has 0 spiro atoms. The Morgan fingerprint density at radius 1 is 1.42 bits per heavy atom. The molecule has 7 nitrogen and oxygen atoms in total. The van der Waals surface area contributed by atoms with Gasteiger partial charge in [-0.2, -0.15) is 8.75 Å². The normalized spacial score (nSPS) is 13.7. The van der Waals surface area contributed by atoms with Crippen LogP contribution in [0.4, 0.5) is 5.69 Å². The van der Waals surface area contributed by atoms with Crippen molar-refractivity contribution in [3.63, 3.8) is 0 Å². The van der Waals surface area contributed by atoms with E-state index in [1.807, 2.05) is 19.1 Å². The lowest BCUT2D eigenvalue weighted by molar-refractivity contribution is -0.131. The van der Waals surface area contributed by atoms with E-state index >= 15 is 0 Å². The maximum atomic E-state index is 9.75. The van der Waals surface area contributed by atoms with Crippen LogP contribution in [0, 0.1) is 0 Å². The maximum Gasteiger partial charge on any atom is 0.328 e. The number of guanidine groups is 1. The zero-order chi connectivity index (χ0) is 17.4. The van der Waals surface area contributed by atoms with Crippen molar-refractivity contribution in [2.75, 3.05) is 18.4 Å². The van der Waals surface area contributed by atoms with Crippen LogP contribution < -0.4 is 10.6 Å². The average molecular weight is 366 g/mol. The van der Waals surface area contributed by atoms with E-state index < -0.39 is 5.97 Å². The summed E-state index contributed by atoms with van der Waals surface area (Å²) >= 11 is 7.30. The van der Waals surface area contributed by atoms with Crippen molar-refractivity contribution in [3.8, 4) is 0 Å². The molecule has 0 saturated heterocycles. The van der Waals surface area contributed by atoms with Crippen molar-refractivity contribution in [1.82, 2.24) is 14.1 Å². The lowest BCUT2D eigenvalue weighted by atomic mass is 10.2. The largest absolute Gasteiger partial charge is 0.478 e. The van der Waals surface area contributed by atoms with Gasteiger partial charge in [0.1, 0.15) is 11.0 Å². The molecular weight excluding hydrogens is 350 g/mol. The number of carboxylic acid groups (broad SMARTS) is 1. The number of hydrogen-bond acceptors (Lipinski definition) is 7. The predicted molar refractivity (Wildman–Crippen MR) is 97.9 cm³/mol. The van der Waals surface area contributed by atoms with Gasteiger partial charge >= 0.3 is 5.97 Å².